The van der Waals surface area contributed by atoms with Crippen LogP contribution in [0.2, 0.25) is 0 Å². The number of carbonyl (C=O) groups excluding carboxylic acids is 2. The molecule has 186 valence electrons. The van der Waals surface area contributed by atoms with Gasteiger partial charge in [-0.25, -0.2) is 4.79 Å². The number of epoxide rings is 1. The van der Waals surface area contributed by atoms with Crippen LogP contribution in [0.1, 0.15) is 66.2 Å². The van der Waals surface area contributed by atoms with E-state index in [0.717, 1.165) is 37.7 Å². The third kappa shape index (κ3) is 2.63. The molecular formula is C28H38O6. The van der Waals surface area contributed by atoms with Gasteiger partial charge >= 0.3 is 5.97 Å². The Morgan fingerprint density at radius 1 is 1.18 bits per heavy atom. The van der Waals surface area contributed by atoms with Gasteiger partial charge in [0.2, 0.25) is 0 Å². The minimum atomic E-state index is -0.719. The molecule has 6 rings (SSSR count). The van der Waals surface area contributed by atoms with E-state index in [0.29, 0.717) is 29.7 Å². The smallest absolute Gasteiger partial charge is 0.336 e. The van der Waals surface area contributed by atoms with E-state index in [9.17, 15) is 19.8 Å². The second-order valence-corrected chi connectivity index (χ2v) is 12.5. The molecule has 6 nitrogen and oxygen atoms in total. The van der Waals surface area contributed by atoms with Crippen LogP contribution in [0.25, 0.3) is 0 Å². The molecule has 0 aromatic heterocycles. The van der Waals surface area contributed by atoms with Gasteiger partial charge in [-0.15, -0.1) is 0 Å². The number of ether oxygens (including phenoxy) is 2. The first kappa shape index (κ1) is 22.9. The molecule has 6 heteroatoms. The fraction of sp³-hybridized carbons (Fsp3) is 0.786. The zero-order valence-electron chi connectivity index (χ0n) is 20.8. The molecule has 1 saturated heterocycles. The van der Waals surface area contributed by atoms with Crippen molar-refractivity contribution in [2.45, 2.75) is 90.1 Å². The molecule has 0 aromatic rings. The highest BCUT2D eigenvalue weighted by Crippen LogP contribution is 2.73. The highest BCUT2D eigenvalue weighted by atomic mass is 16.6. The molecule has 6 aliphatic rings. The van der Waals surface area contributed by atoms with E-state index in [4.69, 9.17) is 9.47 Å². The van der Waals surface area contributed by atoms with E-state index in [1.165, 1.54) is 0 Å². The van der Waals surface area contributed by atoms with Crippen LogP contribution >= 0.6 is 0 Å². The van der Waals surface area contributed by atoms with Gasteiger partial charge in [0.15, 0.2) is 5.78 Å². The van der Waals surface area contributed by atoms with Crippen molar-refractivity contribution in [2.75, 3.05) is 6.61 Å². The fourth-order valence-electron chi connectivity index (χ4n) is 9.69. The number of allylic oxidation sites excluding steroid dienone is 1. The Morgan fingerprint density at radius 2 is 1.94 bits per heavy atom. The van der Waals surface area contributed by atoms with Crippen molar-refractivity contribution in [2.24, 2.45) is 40.4 Å². The average Bonchev–Trinajstić information content (AvgIpc) is 3.43. The maximum absolute atomic E-state index is 13.3. The molecule has 11 atom stereocenters. The Morgan fingerprint density at radius 3 is 2.65 bits per heavy atom. The number of hydrogen-bond donors (Lipinski definition) is 2. The number of ketones is 1. The lowest BCUT2D eigenvalue weighted by molar-refractivity contribution is -0.155. The molecule has 0 amide bonds. The van der Waals surface area contributed by atoms with Crippen LogP contribution in [0, 0.1) is 40.4 Å². The summed E-state index contributed by atoms with van der Waals surface area (Å²) < 4.78 is 12.1. The number of hydrogen-bond acceptors (Lipinski definition) is 6. The van der Waals surface area contributed by atoms with Crippen molar-refractivity contribution in [1.82, 2.24) is 0 Å². The largest absolute Gasteiger partial charge is 0.458 e. The summed E-state index contributed by atoms with van der Waals surface area (Å²) in [7, 11) is 0. The normalized spacial score (nSPS) is 52.4. The predicted molar refractivity (Wildman–Crippen MR) is 124 cm³/mol. The standard InChI is InChI=1S/C28H38O6/c1-14-11-21(33-25(32)17(14)13-29)15(2)18-5-6-19-16-12-24-28(34-24)23(31)8-7-22(30)27(28,4)20(16)9-10-26(18,19)3/h7-8,15-16,18-21,23-24,29,31H,5-6,9-13H2,1-4H3/t15-,16+,18+,19-,20-,21+,23+,24+,26+,27-,28+/m0/s1. The molecule has 0 radical (unpaired) electrons. The molecule has 2 heterocycles. The summed E-state index contributed by atoms with van der Waals surface area (Å²) >= 11 is 0. The number of carbonyl (C=O) groups is 2. The van der Waals surface area contributed by atoms with Crippen molar-refractivity contribution in [3.8, 4) is 0 Å². The van der Waals surface area contributed by atoms with E-state index in [1.807, 2.05) is 6.92 Å². The first-order chi connectivity index (χ1) is 16.1. The summed E-state index contributed by atoms with van der Waals surface area (Å²) in [4.78, 5) is 25.8. The van der Waals surface area contributed by atoms with Crippen LogP contribution < -0.4 is 0 Å². The Hall–Kier alpha value is -1.50. The summed E-state index contributed by atoms with van der Waals surface area (Å²) in [5.74, 6) is 1.61. The van der Waals surface area contributed by atoms with Gasteiger partial charge in [0.05, 0.1) is 23.7 Å². The lowest BCUT2D eigenvalue weighted by Gasteiger charge is -2.58. The van der Waals surface area contributed by atoms with Crippen molar-refractivity contribution in [3.63, 3.8) is 0 Å². The summed E-state index contributed by atoms with van der Waals surface area (Å²) in [6, 6.07) is 0. The van der Waals surface area contributed by atoms with E-state index >= 15 is 0 Å². The number of fused-ring (bicyclic) bond motifs is 4. The monoisotopic (exact) mass is 470 g/mol. The fourth-order valence-corrected chi connectivity index (χ4v) is 9.69. The Kier molecular flexibility index (Phi) is 4.90. The van der Waals surface area contributed by atoms with Crippen LogP contribution in [0.3, 0.4) is 0 Å². The van der Waals surface area contributed by atoms with E-state index in [-0.39, 0.29) is 47.8 Å². The second kappa shape index (κ2) is 7.27. The summed E-state index contributed by atoms with van der Waals surface area (Å²) in [6.45, 7) is 8.41. The Balaban J connectivity index is 1.27. The molecule has 2 N–H and O–H groups in total. The number of aliphatic hydroxyl groups is 2. The zero-order valence-corrected chi connectivity index (χ0v) is 20.8. The lowest BCUT2D eigenvalue weighted by Crippen LogP contribution is -2.63. The van der Waals surface area contributed by atoms with Gasteiger partial charge in [-0.05, 0) is 93.1 Å². The quantitative estimate of drug-likeness (QED) is 0.485. The van der Waals surface area contributed by atoms with Crippen molar-refractivity contribution in [1.29, 1.82) is 0 Å². The van der Waals surface area contributed by atoms with Gasteiger partial charge in [0.25, 0.3) is 0 Å². The van der Waals surface area contributed by atoms with Crippen molar-refractivity contribution >= 4 is 11.8 Å². The van der Waals surface area contributed by atoms with Gasteiger partial charge in [-0.3, -0.25) is 4.79 Å². The molecule has 0 unspecified atom stereocenters. The van der Waals surface area contributed by atoms with Crippen molar-refractivity contribution in [3.05, 3.63) is 23.3 Å². The van der Waals surface area contributed by atoms with E-state index < -0.39 is 17.1 Å². The van der Waals surface area contributed by atoms with Gasteiger partial charge < -0.3 is 19.7 Å². The third-order valence-electron chi connectivity index (χ3n) is 11.6. The van der Waals surface area contributed by atoms with E-state index in [1.54, 1.807) is 12.2 Å². The molecular weight excluding hydrogens is 432 g/mol. The van der Waals surface area contributed by atoms with E-state index in [2.05, 4.69) is 20.8 Å². The number of aliphatic hydroxyl groups excluding tert-OH is 2. The van der Waals surface area contributed by atoms with Crippen molar-refractivity contribution < 1.29 is 29.3 Å². The molecule has 1 spiro atoms. The van der Waals surface area contributed by atoms with Crippen LogP contribution in [0.5, 0.6) is 0 Å². The lowest BCUT2D eigenvalue weighted by atomic mass is 9.44. The maximum atomic E-state index is 13.3. The van der Waals surface area contributed by atoms with Crippen LogP contribution in [-0.4, -0.2) is 52.5 Å². The Bertz CT molecular complexity index is 999. The van der Waals surface area contributed by atoms with Crippen LogP contribution in [0.15, 0.2) is 23.3 Å². The third-order valence-corrected chi connectivity index (χ3v) is 11.6. The number of rotatable bonds is 3. The summed E-state index contributed by atoms with van der Waals surface area (Å²) in [5.41, 5.74) is 0.129. The maximum Gasteiger partial charge on any atom is 0.336 e. The minimum Gasteiger partial charge on any atom is -0.458 e. The molecule has 34 heavy (non-hydrogen) atoms. The topological polar surface area (TPSA) is 96.4 Å². The summed E-state index contributed by atoms with van der Waals surface area (Å²) in [6.07, 6.45) is 8.23. The first-order valence-corrected chi connectivity index (χ1v) is 13.2. The number of cyclic esters (lactones) is 1. The average molecular weight is 471 g/mol. The molecule has 4 fully saturated rings. The first-order valence-electron chi connectivity index (χ1n) is 13.2. The highest BCUT2D eigenvalue weighted by molar-refractivity contribution is 5.98. The van der Waals surface area contributed by atoms with Crippen LogP contribution in [-0.2, 0) is 19.1 Å². The molecule has 4 aliphatic carbocycles. The Labute approximate surface area is 201 Å². The van der Waals surface area contributed by atoms with Gasteiger partial charge in [-0.2, -0.15) is 0 Å². The summed E-state index contributed by atoms with van der Waals surface area (Å²) in [5, 5.41) is 20.4. The SMILES string of the molecule is CC1=C(CO)C(=O)O[C@@H]([C@@H](C)[C@H]2CC[C@H]3[C@H]4C[C@H]5O[C@]56[C@H](O)C=CC(=O)[C@]6(C)[C@H]4CC[C@]23C)C1. The molecule has 0 bridgehead atoms. The number of esters is 1. The molecule has 3 saturated carbocycles. The minimum absolute atomic E-state index is 0.0366. The second-order valence-electron chi connectivity index (χ2n) is 12.5. The van der Waals surface area contributed by atoms with Gasteiger partial charge in [0.1, 0.15) is 17.8 Å². The highest BCUT2D eigenvalue weighted by Gasteiger charge is 2.80. The zero-order chi connectivity index (χ0) is 24.2. The van der Waals surface area contributed by atoms with Crippen LogP contribution in [0.4, 0.5) is 0 Å². The molecule has 0 aromatic carbocycles. The predicted octanol–water partition coefficient (Wildman–Crippen LogP) is 3.35. The molecule has 2 aliphatic heterocycles. The van der Waals surface area contributed by atoms with Gasteiger partial charge in [0, 0.05) is 6.42 Å². The van der Waals surface area contributed by atoms with Gasteiger partial charge in [-0.1, -0.05) is 19.4 Å².